The third-order valence-electron chi connectivity index (χ3n) is 3.43. The Morgan fingerprint density at radius 3 is 2.04 bits per heavy atom. The molecule has 5 heteroatoms. The van der Waals surface area contributed by atoms with E-state index in [0.29, 0.717) is 5.11 Å². The van der Waals surface area contributed by atoms with Crippen molar-refractivity contribution in [2.24, 2.45) is 0 Å². The fourth-order valence-corrected chi connectivity index (χ4v) is 2.36. The van der Waals surface area contributed by atoms with Gasteiger partial charge in [-0.05, 0) is 67.0 Å². The van der Waals surface area contributed by atoms with E-state index in [9.17, 15) is 0 Å². The molecular formula is C18H22N2O2S. The lowest BCUT2D eigenvalue weighted by molar-refractivity contribution is 0.414. The molecule has 122 valence electrons. The molecule has 0 amide bonds. The van der Waals surface area contributed by atoms with Gasteiger partial charge in [0.05, 0.1) is 14.2 Å². The minimum atomic E-state index is 0.630. The molecule has 0 heterocycles. The molecule has 0 radical (unpaired) electrons. The van der Waals surface area contributed by atoms with Crippen molar-refractivity contribution in [3.05, 3.63) is 54.1 Å². The van der Waals surface area contributed by atoms with Crippen LogP contribution in [0.3, 0.4) is 0 Å². The number of aryl methyl sites for hydroxylation is 1. The van der Waals surface area contributed by atoms with E-state index >= 15 is 0 Å². The van der Waals surface area contributed by atoms with Crippen molar-refractivity contribution in [1.82, 2.24) is 5.32 Å². The van der Waals surface area contributed by atoms with Gasteiger partial charge in [0, 0.05) is 12.2 Å². The van der Waals surface area contributed by atoms with Crippen molar-refractivity contribution < 1.29 is 9.47 Å². The quantitative estimate of drug-likeness (QED) is 0.599. The Labute approximate surface area is 142 Å². The molecule has 0 aliphatic rings. The second kappa shape index (κ2) is 9.00. The van der Waals surface area contributed by atoms with Gasteiger partial charge < -0.3 is 20.1 Å². The van der Waals surface area contributed by atoms with E-state index in [2.05, 4.69) is 22.8 Å². The Morgan fingerprint density at radius 2 is 1.48 bits per heavy atom. The highest BCUT2D eigenvalue weighted by Gasteiger charge is 1.99. The average molecular weight is 330 g/mol. The van der Waals surface area contributed by atoms with Crippen LogP contribution < -0.4 is 20.1 Å². The molecule has 2 aromatic carbocycles. The van der Waals surface area contributed by atoms with Crippen molar-refractivity contribution in [1.29, 1.82) is 0 Å². The highest BCUT2D eigenvalue weighted by Crippen LogP contribution is 2.15. The van der Waals surface area contributed by atoms with E-state index in [0.717, 1.165) is 36.6 Å². The summed E-state index contributed by atoms with van der Waals surface area (Å²) in [7, 11) is 3.33. The van der Waals surface area contributed by atoms with Gasteiger partial charge in [-0.3, -0.25) is 0 Å². The summed E-state index contributed by atoms with van der Waals surface area (Å²) in [6, 6.07) is 15.8. The van der Waals surface area contributed by atoms with Gasteiger partial charge in [-0.15, -0.1) is 0 Å². The van der Waals surface area contributed by atoms with Crippen molar-refractivity contribution in [2.75, 3.05) is 26.1 Å². The summed E-state index contributed by atoms with van der Waals surface area (Å²) in [6.07, 6.45) is 2.01. The third-order valence-corrected chi connectivity index (χ3v) is 3.68. The molecule has 0 fully saturated rings. The first-order chi connectivity index (χ1) is 11.2. The number of anilines is 1. The van der Waals surface area contributed by atoms with E-state index in [4.69, 9.17) is 21.7 Å². The fourth-order valence-electron chi connectivity index (χ4n) is 2.14. The van der Waals surface area contributed by atoms with Crippen LogP contribution in [0.2, 0.25) is 0 Å². The molecule has 0 bridgehead atoms. The zero-order valence-electron chi connectivity index (χ0n) is 13.5. The van der Waals surface area contributed by atoms with Crippen molar-refractivity contribution in [2.45, 2.75) is 12.8 Å². The van der Waals surface area contributed by atoms with Gasteiger partial charge in [0.2, 0.25) is 0 Å². The standard InChI is InChI=1S/C18H22N2O2S/c1-21-16-9-5-14(6-10-16)4-3-13-19-18(23)20-15-7-11-17(22-2)12-8-15/h5-12H,3-4,13H2,1-2H3,(H2,19,20,23). The number of methoxy groups -OCH3 is 2. The molecule has 0 aromatic heterocycles. The Balaban J connectivity index is 1.67. The van der Waals surface area contributed by atoms with Crippen molar-refractivity contribution in [3.63, 3.8) is 0 Å². The van der Waals surface area contributed by atoms with Crippen LogP contribution in [0, 0.1) is 0 Å². The monoisotopic (exact) mass is 330 g/mol. The third kappa shape index (κ3) is 5.79. The second-order valence-electron chi connectivity index (χ2n) is 5.06. The minimum Gasteiger partial charge on any atom is -0.497 e. The summed E-state index contributed by atoms with van der Waals surface area (Å²) in [5, 5.41) is 7.00. The number of ether oxygens (including phenoxy) is 2. The van der Waals surface area contributed by atoms with E-state index in [-0.39, 0.29) is 0 Å². The van der Waals surface area contributed by atoms with Crippen LogP contribution in [0.5, 0.6) is 11.5 Å². The molecule has 0 unspecified atom stereocenters. The molecule has 0 spiro atoms. The normalized spacial score (nSPS) is 10.0. The predicted octanol–water partition coefficient (Wildman–Crippen LogP) is 3.62. The number of thiocarbonyl (C=S) groups is 1. The van der Waals surface area contributed by atoms with Gasteiger partial charge in [0.25, 0.3) is 0 Å². The molecule has 23 heavy (non-hydrogen) atoms. The van der Waals surface area contributed by atoms with E-state index < -0.39 is 0 Å². The molecule has 4 nitrogen and oxygen atoms in total. The van der Waals surface area contributed by atoms with Crippen LogP contribution in [0.4, 0.5) is 5.69 Å². The highest BCUT2D eigenvalue weighted by atomic mass is 32.1. The zero-order valence-corrected chi connectivity index (χ0v) is 14.3. The maximum atomic E-state index is 5.29. The van der Waals surface area contributed by atoms with Crippen LogP contribution in [0.15, 0.2) is 48.5 Å². The summed E-state index contributed by atoms with van der Waals surface area (Å²) in [5.74, 6) is 1.71. The first-order valence-corrected chi connectivity index (χ1v) is 7.94. The maximum absolute atomic E-state index is 5.29. The number of hydrogen-bond donors (Lipinski definition) is 2. The Bertz CT molecular complexity index is 612. The Morgan fingerprint density at radius 1 is 0.913 bits per heavy atom. The predicted molar refractivity (Wildman–Crippen MR) is 98.5 cm³/mol. The minimum absolute atomic E-state index is 0.630. The van der Waals surface area contributed by atoms with Crippen molar-refractivity contribution in [3.8, 4) is 11.5 Å². The van der Waals surface area contributed by atoms with E-state index in [1.165, 1.54) is 5.56 Å². The second-order valence-corrected chi connectivity index (χ2v) is 5.47. The lowest BCUT2D eigenvalue weighted by Gasteiger charge is -2.11. The van der Waals surface area contributed by atoms with Gasteiger partial charge in [-0.1, -0.05) is 12.1 Å². The molecule has 0 saturated carbocycles. The topological polar surface area (TPSA) is 42.5 Å². The Kier molecular flexibility index (Phi) is 6.69. The van der Waals surface area contributed by atoms with Crippen LogP contribution in [-0.4, -0.2) is 25.9 Å². The zero-order chi connectivity index (χ0) is 16.5. The van der Waals surface area contributed by atoms with Gasteiger partial charge in [0.1, 0.15) is 11.5 Å². The molecular weight excluding hydrogens is 308 g/mol. The summed E-state index contributed by atoms with van der Waals surface area (Å²) in [5.41, 5.74) is 2.24. The number of nitrogens with one attached hydrogen (secondary N) is 2. The lowest BCUT2D eigenvalue weighted by Crippen LogP contribution is -2.29. The number of benzene rings is 2. The fraction of sp³-hybridized carbons (Fsp3) is 0.278. The Hall–Kier alpha value is -2.27. The van der Waals surface area contributed by atoms with Gasteiger partial charge >= 0.3 is 0 Å². The molecule has 2 aromatic rings. The first kappa shape index (κ1) is 17.1. The van der Waals surface area contributed by atoms with Crippen LogP contribution >= 0.6 is 12.2 Å². The summed E-state index contributed by atoms with van der Waals surface area (Å²) < 4.78 is 10.3. The molecule has 0 aliphatic heterocycles. The number of rotatable bonds is 7. The van der Waals surface area contributed by atoms with Crippen molar-refractivity contribution >= 4 is 23.0 Å². The molecule has 0 atom stereocenters. The highest BCUT2D eigenvalue weighted by molar-refractivity contribution is 7.80. The summed E-state index contributed by atoms with van der Waals surface area (Å²) in [6.45, 7) is 0.827. The largest absolute Gasteiger partial charge is 0.497 e. The van der Waals surface area contributed by atoms with Gasteiger partial charge in [-0.25, -0.2) is 0 Å². The SMILES string of the molecule is COc1ccc(CCCNC(=S)Nc2ccc(OC)cc2)cc1. The smallest absolute Gasteiger partial charge is 0.170 e. The summed E-state index contributed by atoms with van der Waals surface area (Å²) >= 11 is 5.29. The first-order valence-electron chi connectivity index (χ1n) is 7.53. The molecule has 0 aliphatic carbocycles. The van der Waals surface area contributed by atoms with Crippen LogP contribution in [0.1, 0.15) is 12.0 Å². The maximum Gasteiger partial charge on any atom is 0.170 e. The van der Waals surface area contributed by atoms with Crippen LogP contribution in [-0.2, 0) is 6.42 Å². The van der Waals surface area contributed by atoms with Gasteiger partial charge in [-0.2, -0.15) is 0 Å². The summed E-state index contributed by atoms with van der Waals surface area (Å²) in [4.78, 5) is 0. The number of hydrogen-bond acceptors (Lipinski definition) is 3. The van der Waals surface area contributed by atoms with E-state index in [1.54, 1.807) is 14.2 Å². The average Bonchev–Trinajstić information content (AvgIpc) is 2.60. The lowest BCUT2D eigenvalue weighted by atomic mass is 10.1. The molecule has 2 N–H and O–H groups in total. The van der Waals surface area contributed by atoms with Gasteiger partial charge in [0.15, 0.2) is 5.11 Å². The van der Waals surface area contributed by atoms with Crippen LogP contribution in [0.25, 0.3) is 0 Å². The molecule has 2 rings (SSSR count). The molecule has 0 saturated heterocycles. The van der Waals surface area contributed by atoms with E-state index in [1.807, 2.05) is 36.4 Å².